The minimum Gasteiger partial charge on any atom is -0.465 e. The number of rotatable bonds is 2. The third kappa shape index (κ3) is 2.45. The van der Waals surface area contributed by atoms with Gasteiger partial charge in [0.25, 0.3) is 0 Å². The number of nitrogens with two attached hydrogens (primary N) is 1. The van der Waals surface area contributed by atoms with Crippen molar-refractivity contribution in [3.8, 4) is 11.1 Å². The summed E-state index contributed by atoms with van der Waals surface area (Å²) >= 11 is 0. The van der Waals surface area contributed by atoms with E-state index in [9.17, 15) is 4.79 Å². The Hall–Kier alpha value is -2.29. The predicted octanol–water partition coefficient (Wildman–Crippen LogP) is 2.72. The van der Waals surface area contributed by atoms with Gasteiger partial charge in [-0.15, -0.1) is 0 Å². The van der Waals surface area contributed by atoms with Crippen molar-refractivity contribution in [3.05, 3.63) is 54.1 Å². The number of benzene rings is 2. The van der Waals surface area contributed by atoms with Gasteiger partial charge in [0.1, 0.15) is 0 Å². The van der Waals surface area contributed by atoms with Crippen LogP contribution in [0.1, 0.15) is 10.4 Å². The van der Waals surface area contributed by atoms with Crippen LogP contribution in [0.15, 0.2) is 48.5 Å². The highest BCUT2D eigenvalue weighted by Gasteiger charge is 2.06. The van der Waals surface area contributed by atoms with E-state index in [2.05, 4.69) is 4.74 Å². The summed E-state index contributed by atoms with van der Waals surface area (Å²) in [5.41, 5.74) is 8.89. The lowest BCUT2D eigenvalue weighted by molar-refractivity contribution is 0.0601. The van der Waals surface area contributed by atoms with E-state index in [-0.39, 0.29) is 5.97 Å². The van der Waals surface area contributed by atoms with Crippen molar-refractivity contribution in [1.82, 2.24) is 0 Å². The van der Waals surface area contributed by atoms with E-state index in [1.807, 2.05) is 36.4 Å². The minimum absolute atomic E-state index is 0.337. The number of ether oxygens (including phenoxy) is 1. The Morgan fingerprint density at radius 3 is 2.35 bits per heavy atom. The fraction of sp³-hybridized carbons (Fsp3) is 0.0714. The van der Waals surface area contributed by atoms with Gasteiger partial charge in [0.2, 0.25) is 0 Å². The van der Waals surface area contributed by atoms with E-state index < -0.39 is 0 Å². The molecular weight excluding hydrogens is 214 g/mol. The zero-order valence-electron chi connectivity index (χ0n) is 9.51. The molecule has 17 heavy (non-hydrogen) atoms. The van der Waals surface area contributed by atoms with E-state index in [0.717, 1.165) is 11.1 Å². The number of carbonyl (C=O) groups excluding carboxylic acids is 1. The molecule has 0 spiro atoms. The van der Waals surface area contributed by atoms with Gasteiger partial charge in [-0.25, -0.2) is 4.79 Å². The molecule has 0 radical (unpaired) electrons. The van der Waals surface area contributed by atoms with Crippen LogP contribution < -0.4 is 5.73 Å². The summed E-state index contributed by atoms with van der Waals surface area (Å²) in [4.78, 5) is 11.4. The molecular formula is C14H13NO2. The topological polar surface area (TPSA) is 52.3 Å². The Morgan fingerprint density at radius 2 is 1.71 bits per heavy atom. The van der Waals surface area contributed by atoms with Crippen molar-refractivity contribution in [2.45, 2.75) is 0 Å². The smallest absolute Gasteiger partial charge is 0.337 e. The predicted molar refractivity (Wildman–Crippen MR) is 67.6 cm³/mol. The average molecular weight is 227 g/mol. The zero-order chi connectivity index (χ0) is 12.3. The number of anilines is 1. The summed E-state index contributed by atoms with van der Waals surface area (Å²) in [5.74, 6) is -0.337. The second kappa shape index (κ2) is 4.70. The summed E-state index contributed by atoms with van der Waals surface area (Å²) in [6, 6.07) is 14.8. The first-order valence-corrected chi connectivity index (χ1v) is 5.25. The van der Waals surface area contributed by atoms with Gasteiger partial charge in [-0.2, -0.15) is 0 Å². The quantitative estimate of drug-likeness (QED) is 0.634. The molecule has 2 aromatic rings. The lowest BCUT2D eigenvalue weighted by atomic mass is 10.0. The standard InChI is InChI=1S/C14H13NO2/c1-17-14(16)12-6-2-4-10(8-12)11-5-3-7-13(15)9-11/h2-9H,15H2,1H3. The highest BCUT2D eigenvalue weighted by atomic mass is 16.5. The van der Waals surface area contributed by atoms with Crippen molar-refractivity contribution in [2.75, 3.05) is 12.8 Å². The molecule has 0 aliphatic rings. The second-order valence-corrected chi connectivity index (χ2v) is 3.70. The second-order valence-electron chi connectivity index (χ2n) is 3.70. The Kier molecular flexibility index (Phi) is 3.10. The summed E-state index contributed by atoms with van der Waals surface area (Å²) < 4.78 is 4.69. The number of hydrogen-bond acceptors (Lipinski definition) is 3. The van der Waals surface area contributed by atoms with Crippen molar-refractivity contribution in [3.63, 3.8) is 0 Å². The SMILES string of the molecule is COC(=O)c1cccc(-c2cccc(N)c2)c1. The Bertz CT molecular complexity index is 549. The summed E-state index contributed by atoms with van der Waals surface area (Å²) in [6.07, 6.45) is 0. The van der Waals surface area contributed by atoms with Gasteiger partial charge in [0.05, 0.1) is 12.7 Å². The molecule has 0 aliphatic heterocycles. The van der Waals surface area contributed by atoms with Crippen LogP contribution in [0.4, 0.5) is 5.69 Å². The van der Waals surface area contributed by atoms with Gasteiger partial charge in [-0.3, -0.25) is 0 Å². The van der Waals surface area contributed by atoms with Crippen LogP contribution in [0.3, 0.4) is 0 Å². The first-order chi connectivity index (χ1) is 8.20. The Labute approximate surface area is 99.8 Å². The fourth-order valence-corrected chi connectivity index (χ4v) is 1.66. The molecule has 0 heterocycles. The van der Waals surface area contributed by atoms with Crippen LogP contribution in [0.25, 0.3) is 11.1 Å². The lowest BCUT2D eigenvalue weighted by Crippen LogP contribution is -2.00. The van der Waals surface area contributed by atoms with Gasteiger partial charge >= 0.3 is 5.97 Å². The van der Waals surface area contributed by atoms with Crippen molar-refractivity contribution >= 4 is 11.7 Å². The molecule has 0 fully saturated rings. The van der Waals surface area contributed by atoms with E-state index >= 15 is 0 Å². The van der Waals surface area contributed by atoms with E-state index in [4.69, 9.17) is 5.73 Å². The number of nitrogen functional groups attached to an aromatic ring is 1. The maximum absolute atomic E-state index is 11.4. The highest BCUT2D eigenvalue weighted by molar-refractivity contribution is 5.91. The number of methoxy groups -OCH3 is 1. The Morgan fingerprint density at radius 1 is 1.06 bits per heavy atom. The average Bonchev–Trinajstić information content (AvgIpc) is 2.38. The van der Waals surface area contributed by atoms with Crippen LogP contribution in [0, 0.1) is 0 Å². The molecule has 0 saturated carbocycles. The molecule has 2 N–H and O–H groups in total. The van der Waals surface area contributed by atoms with Gasteiger partial charge in [0.15, 0.2) is 0 Å². The summed E-state index contributed by atoms with van der Waals surface area (Å²) in [5, 5.41) is 0. The largest absolute Gasteiger partial charge is 0.465 e. The molecule has 0 aromatic heterocycles. The molecule has 0 bridgehead atoms. The molecule has 0 unspecified atom stereocenters. The minimum atomic E-state index is -0.337. The molecule has 0 saturated heterocycles. The van der Waals surface area contributed by atoms with Crippen LogP contribution in [0.2, 0.25) is 0 Å². The summed E-state index contributed by atoms with van der Waals surface area (Å²) in [7, 11) is 1.37. The van der Waals surface area contributed by atoms with Crippen molar-refractivity contribution in [1.29, 1.82) is 0 Å². The van der Waals surface area contributed by atoms with E-state index in [0.29, 0.717) is 11.3 Å². The van der Waals surface area contributed by atoms with E-state index in [1.165, 1.54) is 7.11 Å². The molecule has 3 heteroatoms. The highest BCUT2D eigenvalue weighted by Crippen LogP contribution is 2.22. The molecule has 3 nitrogen and oxygen atoms in total. The molecule has 0 aliphatic carbocycles. The van der Waals surface area contributed by atoms with Gasteiger partial charge in [0, 0.05) is 5.69 Å². The van der Waals surface area contributed by atoms with Crippen molar-refractivity contribution < 1.29 is 9.53 Å². The van der Waals surface area contributed by atoms with Crippen LogP contribution in [0.5, 0.6) is 0 Å². The van der Waals surface area contributed by atoms with Crippen LogP contribution >= 0.6 is 0 Å². The van der Waals surface area contributed by atoms with E-state index in [1.54, 1.807) is 12.1 Å². The molecule has 86 valence electrons. The zero-order valence-corrected chi connectivity index (χ0v) is 9.51. The maximum atomic E-state index is 11.4. The third-order valence-electron chi connectivity index (χ3n) is 2.50. The van der Waals surface area contributed by atoms with Gasteiger partial charge in [-0.05, 0) is 35.4 Å². The fourth-order valence-electron chi connectivity index (χ4n) is 1.66. The Balaban J connectivity index is 2.43. The molecule has 2 aromatic carbocycles. The normalized spacial score (nSPS) is 9.94. The first kappa shape index (κ1) is 11.2. The van der Waals surface area contributed by atoms with Crippen LogP contribution in [-0.2, 0) is 4.74 Å². The van der Waals surface area contributed by atoms with Crippen LogP contribution in [-0.4, -0.2) is 13.1 Å². The van der Waals surface area contributed by atoms with Gasteiger partial charge in [-0.1, -0.05) is 24.3 Å². The third-order valence-corrected chi connectivity index (χ3v) is 2.50. The maximum Gasteiger partial charge on any atom is 0.337 e. The van der Waals surface area contributed by atoms with Crippen molar-refractivity contribution in [2.24, 2.45) is 0 Å². The number of carbonyl (C=O) groups is 1. The monoisotopic (exact) mass is 227 g/mol. The molecule has 0 atom stereocenters. The summed E-state index contributed by atoms with van der Waals surface area (Å²) in [6.45, 7) is 0. The number of esters is 1. The molecule has 2 rings (SSSR count). The molecule has 0 amide bonds. The number of hydrogen-bond donors (Lipinski definition) is 1. The lowest BCUT2D eigenvalue weighted by Gasteiger charge is -2.05. The first-order valence-electron chi connectivity index (χ1n) is 5.25. The van der Waals surface area contributed by atoms with Gasteiger partial charge < -0.3 is 10.5 Å².